The fourth-order valence-corrected chi connectivity index (χ4v) is 3.42. The van der Waals surface area contributed by atoms with Gasteiger partial charge in [0.05, 0.1) is 4.90 Å². The number of sulfonamides is 1. The minimum atomic E-state index is -4.59. The van der Waals surface area contributed by atoms with Gasteiger partial charge in [-0.25, -0.2) is 8.42 Å². The molecule has 0 aliphatic rings. The van der Waals surface area contributed by atoms with Crippen LogP contribution in [0, 0.1) is 0 Å². The zero-order chi connectivity index (χ0) is 16.4. The second-order valence-corrected chi connectivity index (χ2v) is 7.01. The third-order valence-electron chi connectivity index (χ3n) is 2.92. The first-order chi connectivity index (χ1) is 9.45. The van der Waals surface area contributed by atoms with E-state index in [9.17, 15) is 21.6 Å². The van der Waals surface area contributed by atoms with E-state index in [-0.39, 0.29) is 10.9 Å². The van der Waals surface area contributed by atoms with Gasteiger partial charge in [-0.3, -0.25) is 0 Å². The Morgan fingerprint density at radius 2 is 1.62 bits per heavy atom. The van der Waals surface area contributed by atoms with E-state index >= 15 is 0 Å². The Morgan fingerprint density at radius 1 is 1.14 bits per heavy atom. The molecule has 120 valence electrons. The van der Waals surface area contributed by atoms with E-state index in [0.717, 1.165) is 0 Å². The fraction of sp³-hybridized carbons (Fsp3) is 0.538. The van der Waals surface area contributed by atoms with E-state index in [2.05, 4.69) is 0 Å². The Morgan fingerprint density at radius 3 is 1.95 bits per heavy atom. The van der Waals surface area contributed by atoms with E-state index in [1.807, 2.05) is 0 Å². The molecule has 0 fully saturated rings. The summed E-state index contributed by atoms with van der Waals surface area (Å²) in [6.45, 7) is 3.02. The predicted molar refractivity (Wildman–Crippen MR) is 74.1 cm³/mol. The maximum atomic E-state index is 12.6. The summed E-state index contributed by atoms with van der Waals surface area (Å²) in [4.78, 5) is -0.176. The Balaban J connectivity index is 3.17. The molecule has 1 atom stereocenters. The van der Waals surface area contributed by atoms with Crippen LogP contribution in [0.25, 0.3) is 0 Å². The van der Waals surface area contributed by atoms with Crippen molar-refractivity contribution in [1.82, 2.24) is 4.31 Å². The average Bonchev–Trinajstić information content (AvgIpc) is 2.34. The highest BCUT2D eigenvalue weighted by Crippen LogP contribution is 2.25. The second-order valence-electron chi connectivity index (χ2n) is 5.12. The van der Waals surface area contributed by atoms with Crippen LogP contribution in [0.3, 0.4) is 0 Å². The molecular weight excluding hydrogens is 305 g/mol. The summed E-state index contributed by atoms with van der Waals surface area (Å²) in [6, 6.07) is 4.48. The summed E-state index contributed by atoms with van der Waals surface area (Å²) in [6.07, 6.45) is -4.59. The largest absolute Gasteiger partial charge is 0.402 e. The van der Waals surface area contributed by atoms with Gasteiger partial charge in [0.15, 0.2) is 0 Å². The van der Waals surface area contributed by atoms with Gasteiger partial charge >= 0.3 is 6.18 Å². The minimum Gasteiger partial charge on any atom is -0.324 e. The van der Waals surface area contributed by atoms with E-state index in [4.69, 9.17) is 5.73 Å². The van der Waals surface area contributed by atoms with Crippen LogP contribution in [-0.4, -0.2) is 31.5 Å². The van der Waals surface area contributed by atoms with Crippen molar-refractivity contribution in [2.45, 2.75) is 43.9 Å². The molecule has 1 aromatic carbocycles. The monoisotopic (exact) mass is 324 g/mol. The molecule has 0 aliphatic carbocycles. The number of alkyl halides is 3. The SMILES string of the molecule is CC(N)c1ccc(S(=O)(=O)N(CC(F)(F)F)C(C)C)cc1. The van der Waals surface area contributed by atoms with Gasteiger partial charge in [0.1, 0.15) is 6.54 Å². The molecule has 0 bridgehead atoms. The summed E-state index contributed by atoms with van der Waals surface area (Å²) >= 11 is 0. The van der Waals surface area contributed by atoms with Gasteiger partial charge in [0.25, 0.3) is 0 Å². The lowest BCUT2D eigenvalue weighted by atomic mass is 10.1. The van der Waals surface area contributed by atoms with Gasteiger partial charge in [-0.05, 0) is 38.5 Å². The average molecular weight is 324 g/mol. The van der Waals surface area contributed by atoms with Crippen LogP contribution in [0.5, 0.6) is 0 Å². The topological polar surface area (TPSA) is 63.4 Å². The van der Waals surface area contributed by atoms with Crippen LogP contribution < -0.4 is 5.73 Å². The van der Waals surface area contributed by atoms with Crippen LogP contribution in [0.1, 0.15) is 32.4 Å². The molecule has 2 N–H and O–H groups in total. The highest BCUT2D eigenvalue weighted by atomic mass is 32.2. The molecule has 0 spiro atoms. The second kappa shape index (κ2) is 6.33. The normalized spacial score (nSPS) is 14.7. The molecule has 21 heavy (non-hydrogen) atoms. The van der Waals surface area contributed by atoms with Crippen molar-refractivity contribution in [3.05, 3.63) is 29.8 Å². The Hall–Kier alpha value is -1.12. The van der Waals surface area contributed by atoms with E-state index in [1.165, 1.54) is 38.1 Å². The van der Waals surface area contributed by atoms with Crippen molar-refractivity contribution in [2.24, 2.45) is 5.73 Å². The summed E-state index contributed by atoms with van der Waals surface area (Å²) in [5, 5.41) is 0. The molecule has 0 heterocycles. The van der Waals surface area contributed by atoms with Crippen molar-refractivity contribution in [1.29, 1.82) is 0 Å². The Labute approximate surface area is 122 Å². The van der Waals surface area contributed by atoms with Crippen molar-refractivity contribution >= 4 is 10.0 Å². The highest BCUT2D eigenvalue weighted by molar-refractivity contribution is 7.89. The van der Waals surface area contributed by atoms with Crippen molar-refractivity contribution < 1.29 is 21.6 Å². The zero-order valence-corrected chi connectivity index (χ0v) is 12.9. The van der Waals surface area contributed by atoms with Gasteiger partial charge in [0, 0.05) is 12.1 Å². The van der Waals surface area contributed by atoms with Gasteiger partial charge < -0.3 is 5.73 Å². The first kappa shape index (κ1) is 17.9. The van der Waals surface area contributed by atoms with E-state index < -0.39 is 28.8 Å². The smallest absolute Gasteiger partial charge is 0.324 e. The maximum Gasteiger partial charge on any atom is 0.402 e. The maximum absolute atomic E-state index is 12.6. The predicted octanol–water partition coefficient (Wildman–Crippen LogP) is 2.67. The molecule has 0 aromatic heterocycles. The van der Waals surface area contributed by atoms with E-state index in [1.54, 1.807) is 6.92 Å². The lowest BCUT2D eigenvalue weighted by molar-refractivity contribution is -0.138. The van der Waals surface area contributed by atoms with Crippen LogP contribution in [0.4, 0.5) is 13.2 Å². The molecule has 0 saturated carbocycles. The molecule has 0 radical (unpaired) electrons. The van der Waals surface area contributed by atoms with Crippen LogP contribution in [0.15, 0.2) is 29.2 Å². The highest BCUT2D eigenvalue weighted by Gasteiger charge is 2.38. The number of rotatable bonds is 5. The first-order valence-corrected chi connectivity index (χ1v) is 7.83. The number of hydrogen-bond acceptors (Lipinski definition) is 3. The summed E-state index contributed by atoms with van der Waals surface area (Å²) in [7, 11) is -4.20. The number of nitrogens with zero attached hydrogens (tertiary/aromatic N) is 1. The quantitative estimate of drug-likeness (QED) is 0.906. The Kier molecular flexibility index (Phi) is 5.40. The van der Waals surface area contributed by atoms with Gasteiger partial charge in [-0.15, -0.1) is 0 Å². The molecule has 1 aromatic rings. The molecule has 1 unspecified atom stereocenters. The zero-order valence-electron chi connectivity index (χ0n) is 12.1. The van der Waals surface area contributed by atoms with Gasteiger partial charge in [-0.2, -0.15) is 17.5 Å². The molecule has 0 aliphatic heterocycles. The van der Waals surface area contributed by atoms with E-state index in [0.29, 0.717) is 9.87 Å². The van der Waals surface area contributed by atoms with Crippen LogP contribution >= 0.6 is 0 Å². The molecule has 4 nitrogen and oxygen atoms in total. The molecule has 8 heteroatoms. The fourth-order valence-electron chi connectivity index (χ4n) is 1.80. The standard InChI is InChI=1S/C13H19F3N2O2S/c1-9(2)18(8-13(14,15)16)21(19,20)12-6-4-11(5-7-12)10(3)17/h4-7,9-10H,8,17H2,1-3H3. The Bertz CT molecular complexity index is 566. The van der Waals surface area contributed by atoms with Crippen molar-refractivity contribution in [2.75, 3.05) is 6.54 Å². The van der Waals surface area contributed by atoms with Crippen LogP contribution in [0.2, 0.25) is 0 Å². The lowest BCUT2D eigenvalue weighted by Gasteiger charge is -2.27. The number of hydrogen-bond donors (Lipinski definition) is 1. The molecular formula is C13H19F3N2O2S. The third-order valence-corrected chi connectivity index (χ3v) is 4.96. The van der Waals surface area contributed by atoms with Crippen LogP contribution in [-0.2, 0) is 10.0 Å². The number of nitrogens with two attached hydrogens (primary N) is 1. The summed E-state index contributed by atoms with van der Waals surface area (Å²) in [5.74, 6) is 0. The van der Waals surface area contributed by atoms with Crippen molar-refractivity contribution in [3.63, 3.8) is 0 Å². The molecule has 1 rings (SSSR count). The van der Waals surface area contributed by atoms with Crippen molar-refractivity contribution in [3.8, 4) is 0 Å². The number of halogens is 3. The summed E-state index contributed by atoms with van der Waals surface area (Å²) < 4.78 is 62.8. The lowest BCUT2D eigenvalue weighted by Crippen LogP contribution is -2.43. The summed E-state index contributed by atoms with van der Waals surface area (Å²) in [5.41, 5.74) is 6.36. The number of benzene rings is 1. The van der Waals surface area contributed by atoms with Gasteiger partial charge in [-0.1, -0.05) is 12.1 Å². The van der Waals surface area contributed by atoms with Gasteiger partial charge in [0.2, 0.25) is 10.0 Å². The third kappa shape index (κ3) is 4.69. The minimum absolute atomic E-state index is 0.176. The molecule has 0 amide bonds. The molecule has 0 saturated heterocycles. The first-order valence-electron chi connectivity index (χ1n) is 6.39.